The summed E-state index contributed by atoms with van der Waals surface area (Å²) in [4.78, 5) is 0. The summed E-state index contributed by atoms with van der Waals surface area (Å²) in [6, 6.07) is 4.81. The van der Waals surface area contributed by atoms with Gasteiger partial charge < -0.3 is 9.84 Å². The van der Waals surface area contributed by atoms with Gasteiger partial charge in [0.1, 0.15) is 0 Å². The van der Waals surface area contributed by atoms with E-state index in [0.29, 0.717) is 11.5 Å². The Kier molecular flexibility index (Phi) is 4.69. The number of benzene rings is 1. The standard InChI is InChI=1S/C17H25FO2/c1-12(2)11-17(8-4-5-9-17)16(19)13-6-7-15(20-3)14(18)10-13/h6-7,10,12,16,19H,4-5,8-9,11H2,1-3H3. The smallest absolute Gasteiger partial charge is 0.165 e. The first-order valence-corrected chi connectivity index (χ1v) is 7.50. The summed E-state index contributed by atoms with van der Waals surface area (Å²) >= 11 is 0. The van der Waals surface area contributed by atoms with Crippen molar-refractivity contribution in [2.24, 2.45) is 11.3 Å². The highest BCUT2D eigenvalue weighted by Crippen LogP contribution is 2.51. The third-order valence-electron chi connectivity index (χ3n) is 4.49. The second-order valence-corrected chi connectivity index (χ2v) is 6.46. The van der Waals surface area contributed by atoms with Crippen LogP contribution in [0.15, 0.2) is 18.2 Å². The van der Waals surface area contributed by atoms with Crippen LogP contribution in [0.5, 0.6) is 5.75 Å². The molecule has 1 atom stereocenters. The Morgan fingerprint density at radius 2 is 1.95 bits per heavy atom. The highest BCUT2D eigenvalue weighted by atomic mass is 19.1. The van der Waals surface area contributed by atoms with Crippen molar-refractivity contribution in [3.8, 4) is 5.75 Å². The van der Waals surface area contributed by atoms with Gasteiger partial charge in [0, 0.05) is 5.41 Å². The number of rotatable bonds is 5. The monoisotopic (exact) mass is 280 g/mol. The van der Waals surface area contributed by atoms with Crippen LogP contribution in [0.3, 0.4) is 0 Å². The second-order valence-electron chi connectivity index (χ2n) is 6.46. The van der Waals surface area contributed by atoms with Crippen LogP contribution in [0, 0.1) is 17.2 Å². The van der Waals surface area contributed by atoms with Crippen LogP contribution in [0.1, 0.15) is 57.6 Å². The molecule has 1 aliphatic rings. The Morgan fingerprint density at radius 1 is 1.30 bits per heavy atom. The maximum Gasteiger partial charge on any atom is 0.165 e. The molecule has 3 heteroatoms. The minimum absolute atomic E-state index is 0.0881. The second kappa shape index (κ2) is 6.13. The largest absolute Gasteiger partial charge is 0.494 e. The first-order chi connectivity index (χ1) is 9.48. The topological polar surface area (TPSA) is 29.5 Å². The normalized spacial score (nSPS) is 19.3. The van der Waals surface area contributed by atoms with E-state index in [1.807, 2.05) is 0 Å². The molecule has 0 aromatic heterocycles. The average Bonchev–Trinajstić information content (AvgIpc) is 2.86. The van der Waals surface area contributed by atoms with E-state index in [9.17, 15) is 9.50 Å². The summed E-state index contributed by atoms with van der Waals surface area (Å²) in [7, 11) is 1.45. The summed E-state index contributed by atoms with van der Waals surface area (Å²) in [6.07, 6.45) is 4.76. The molecular weight excluding hydrogens is 255 g/mol. The molecule has 2 rings (SSSR count). The van der Waals surface area contributed by atoms with Crippen LogP contribution in [0.4, 0.5) is 4.39 Å². The first kappa shape index (κ1) is 15.3. The van der Waals surface area contributed by atoms with Crippen molar-refractivity contribution < 1.29 is 14.2 Å². The highest BCUT2D eigenvalue weighted by molar-refractivity contribution is 5.31. The summed E-state index contributed by atoms with van der Waals surface area (Å²) in [5.74, 6) is 0.359. The number of aliphatic hydroxyl groups excluding tert-OH is 1. The molecule has 0 amide bonds. The summed E-state index contributed by atoms with van der Waals surface area (Å²) in [5.41, 5.74) is 0.584. The van der Waals surface area contributed by atoms with E-state index in [1.165, 1.54) is 13.2 Å². The predicted molar refractivity (Wildman–Crippen MR) is 78.3 cm³/mol. The maximum absolute atomic E-state index is 13.8. The molecule has 1 N–H and O–H groups in total. The van der Waals surface area contributed by atoms with Crippen LogP contribution in [0.2, 0.25) is 0 Å². The van der Waals surface area contributed by atoms with Gasteiger partial charge in [0.05, 0.1) is 13.2 Å². The first-order valence-electron chi connectivity index (χ1n) is 7.50. The Balaban J connectivity index is 2.27. The molecular formula is C17H25FO2. The average molecular weight is 280 g/mol. The molecule has 0 heterocycles. The van der Waals surface area contributed by atoms with Gasteiger partial charge in [0.2, 0.25) is 0 Å². The fraction of sp³-hybridized carbons (Fsp3) is 0.647. The minimum Gasteiger partial charge on any atom is -0.494 e. The van der Waals surface area contributed by atoms with E-state index in [2.05, 4.69) is 13.8 Å². The van der Waals surface area contributed by atoms with Crippen molar-refractivity contribution in [3.63, 3.8) is 0 Å². The lowest BCUT2D eigenvalue weighted by Gasteiger charge is -2.36. The minimum atomic E-state index is -0.590. The van der Waals surface area contributed by atoms with Crippen LogP contribution in [0.25, 0.3) is 0 Å². The molecule has 1 saturated carbocycles. The summed E-state index contributed by atoms with van der Waals surface area (Å²) < 4.78 is 18.8. The lowest BCUT2D eigenvalue weighted by Crippen LogP contribution is -2.27. The number of methoxy groups -OCH3 is 1. The Morgan fingerprint density at radius 3 is 2.45 bits per heavy atom. The molecule has 1 unspecified atom stereocenters. The van der Waals surface area contributed by atoms with Crippen LogP contribution < -0.4 is 4.74 Å². The molecule has 0 radical (unpaired) electrons. The fourth-order valence-corrected chi connectivity index (χ4v) is 3.69. The van der Waals surface area contributed by atoms with Gasteiger partial charge in [-0.3, -0.25) is 0 Å². The van der Waals surface area contributed by atoms with E-state index >= 15 is 0 Å². The van der Waals surface area contributed by atoms with E-state index in [0.717, 1.165) is 32.1 Å². The molecule has 1 aliphatic carbocycles. The summed E-state index contributed by atoms with van der Waals surface area (Å²) in [6.45, 7) is 4.36. The van der Waals surface area contributed by atoms with Crippen LogP contribution >= 0.6 is 0 Å². The van der Waals surface area contributed by atoms with Crippen molar-refractivity contribution in [1.29, 1.82) is 0 Å². The molecule has 0 aliphatic heterocycles. The Bertz CT molecular complexity index is 450. The molecule has 1 aromatic rings. The van der Waals surface area contributed by atoms with E-state index in [4.69, 9.17) is 4.74 Å². The van der Waals surface area contributed by atoms with Gasteiger partial charge in [-0.2, -0.15) is 0 Å². The van der Waals surface area contributed by atoms with Crippen LogP contribution in [-0.4, -0.2) is 12.2 Å². The van der Waals surface area contributed by atoms with Crippen molar-refractivity contribution in [3.05, 3.63) is 29.6 Å². The van der Waals surface area contributed by atoms with Crippen LogP contribution in [-0.2, 0) is 0 Å². The Hall–Kier alpha value is -1.09. The molecule has 0 saturated heterocycles. The predicted octanol–water partition coefficient (Wildman–Crippen LogP) is 4.47. The van der Waals surface area contributed by atoms with Gasteiger partial charge in [0.15, 0.2) is 11.6 Å². The van der Waals surface area contributed by atoms with Gasteiger partial charge in [-0.15, -0.1) is 0 Å². The molecule has 1 aromatic carbocycles. The molecule has 0 bridgehead atoms. The van der Waals surface area contributed by atoms with Gasteiger partial charge >= 0.3 is 0 Å². The molecule has 20 heavy (non-hydrogen) atoms. The number of hydrogen-bond acceptors (Lipinski definition) is 2. The molecule has 112 valence electrons. The fourth-order valence-electron chi connectivity index (χ4n) is 3.69. The number of hydrogen-bond donors (Lipinski definition) is 1. The number of ether oxygens (including phenoxy) is 1. The zero-order chi connectivity index (χ0) is 14.8. The zero-order valence-electron chi connectivity index (χ0n) is 12.7. The zero-order valence-corrected chi connectivity index (χ0v) is 12.7. The lowest BCUT2D eigenvalue weighted by atomic mass is 9.72. The highest BCUT2D eigenvalue weighted by Gasteiger charge is 2.41. The lowest BCUT2D eigenvalue weighted by molar-refractivity contribution is 0.0109. The molecule has 1 fully saturated rings. The van der Waals surface area contributed by atoms with E-state index < -0.39 is 11.9 Å². The van der Waals surface area contributed by atoms with E-state index in [-0.39, 0.29) is 11.2 Å². The van der Waals surface area contributed by atoms with Gasteiger partial charge in [0.25, 0.3) is 0 Å². The number of aliphatic hydroxyl groups is 1. The van der Waals surface area contributed by atoms with Crippen molar-refractivity contribution in [2.45, 2.75) is 52.1 Å². The van der Waals surface area contributed by atoms with Crippen molar-refractivity contribution in [1.82, 2.24) is 0 Å². The van der Waals surface area contributed by atoms with Crippen molar-refractivity contribution >= 4 is 0 Å². The van der Waals surface area contributed by atoms with E-state index in [1.54, 1.807) is 12.1 Å². The van der Waals surface area contributed by atoms with Crippen molar-refractivity contribution in [2.75, 3.05) is 7.11 Å². The van der Waals surface area contributed by atoms with Gasteiger partial charge in [-0.25, -0.2) is 4.39 Å². The Labute approximate surface area is 121 Å². The van der Waals surface area contributed by atoms with Gasteiger partial charge in [-0.1, -0.05) is 32.8 Å². The third kappa shape index (κ3) is 2.98. The van der Waals surface area contributed by atoms with Gasteiger partial charge in [-0.05, 0) is 42.9 Å². The molecule has 0 spiro atoms. The SMILES string of the molecule is COc1ccc(C(O)C2(CC(C)C)CCCC2)cc1F. The third-order valence-corrected chi connectivity index (χ3v) is 4.49. The maximum atomic E-state index is 13.8. The molecule has 2 nitrogen and oxygen atoms in total. The number of halogens is 1. The quantitative estimate of drug-likeness (QED) is 0.862. The summed E-state index contributed by atoms with van der Waals surface area (Å²) in [5, 5.41) is 10.8.